The number of carbonyl (C=O) groups is 1. The van der Waals surface area contributed by atoms with Gasteiger partial charge in [-0.1, -0.05) is 15.9 Å². The maximum Gasteiger partial charge on any atom is 0.266 e. The van der Waals surface area contributed by atoms with E-state index in [0.29, 0.717) is 0 Å². The molecule has 0 radical (unpaired) electrons. The Balaban J connectivity index is 3.43. The minimum Gasteiger partial charge on any atom is -0.506 e. The third-order valence-electron chi connectivity index (χ3n) is 1.68. The van der Waals surface area contributed by atoms with Gasteiger partial charge < -0.3 is 5.11 Å². The quantitative estimate of drug-likeness (QED) is 0.675. The second-order valence-electron chi connectivity index (χ2n) is 2.47. The number of rotatable bonds is 3. The van der Waals surface area contributed by atoms with E-state index < -0.39 is 23.3 Å². The lowest BCUT2D eigenvalue weighted by Gasteiger charge is -2.08. The standard InChI is InChI=1S/C8H6BrF2NO2/c9-1-5-7(8(10)11)4(3-13)6(14)2-12-5/h2-3,8,14H,1H2. The molecule has 1 N–H and O–H groups in total. The topological polar surface area (TPSA) is 50.2 Å². The molecule has 0 spiro atoms. The molecule has 1 aromatic heterocycles. The minimum atomic E-state index is -2.83. The highest BCUT2D eigenvalue weighted by molar-refractivity contribution is 9.08. The fourth-order valence-corrected chi connectivity index (χ4v) is 1.49. The van der Waals surface area contributed by atoms with Crippen molar-refractivity contribution in [3.05, 3.63) is 23.0 Å². The van der Waals surface area contributed by atoms with Gasteiger partial charge in [-0.3, -0.25) is 9.78 Å². The Morgan fingerprint density at radius 1 is 1.64 bits per heavy atom. The summed E-state index contributed by atoms with van der Waals surface area (Å²) in [7, 11) is 0. The van der Waals surface area contributed by atoms with Gasteiger partial charge in [-0.15, -0.1) is 0 Å². The maximum atomic E-state index is 12.5. The van der Waals surface area contributed by atoms with Gasteiger partial charge in [0.25, 0.3) is 6.43 Å². The summed E-state index contributed by atoms with van der Waals surface area (Å²) in [5.74, 6) is -0.528. The van der Waals surface area contributed by atoms with Gasteiger partial charge in [0.15, 0.2) is 6.29 Å². The molecule has 0 unspecified atom stereocenters. The van der Waals surface area contributed by atoms with Gasteiger partial charge in [0, 0.05) is 5.33 Å². The van der Waals surface area contributed by atoms with Crippen molar-refractivity contribution in [2.75, 3.05) is 0 Å². The van der Waals surface area contributed by atoms with Crippen LogP contribution in [0.4, 0.5) is 8.78 Å². The summed E-state index contributed by atoms with van der Waals surface area (Å²) in [6.45, 7) is 0. The average Bonchev–Trinajstić information content (AvgIpc) is 2.17. The molecule has 14 heavy (non-hydrogen) atoms. The molecule has 1 rings (SSSR count). The molecule has 0 saturated carbocycles. The molecular weight excluding hydrogens is 260 g/mol. The second kappa shape index (κ2) is 4.45. The van der Waals surface area contributed by atoms with Crippen LogP contribution in [0.3, 0.4) is 0 Å². The van der Waals surface area contributed by atoms with E-state index in [0.717, 1.165) is 6.20 Å². The summed E-state index contributed by atoms with van der Waals surface area (Å²) in [5, 5.41) is 9.22. The van der Waals surface area contributed by atoms with E-state index in [1.165, 1.54) is 0 Å². The Kier molecular flexibility index (Phi) is 3.51. The highest BCUT2D eigenvalue weighted by Gasteiger charge is 2.21. The Morgan fingerprint density at radius 2 is 2.29 bits per heavy atom. The largest absolute Gasteiger partial charge is 0.506 e. The predicted octanol–water partition coefficient (Wildman–Crippen LogP) is 2.43. The predicted molar refractivity (Wildman–Crippen MR) is 48.9 cm³/mol. The Bertz CT molecular complexity index is 357. The lowest BCUT2D eigenvalue weighted by molar-refractivity contribution is 0.110. The zero-order valence-electron chi connectivity index (χ0n) is 6.88. The molecule has 0 aromatic carbocycles. The number of halogens is 3. The van der Waals surface area contributed by atoms with E-state index in [1.807, 2.05) is 0 Å². The van der Waals surface area contributed by atoms with Gasteiger partial charge >= 0.3 is 0 Å². The molecule has 0 aliphatic carbocycles. The summed E-state index contributed by atoms with van der Waals surface area (Å²) in [4.78, 5) is 14.1. The first-order chi connectivity index (χ1) is 6.61. The van der Waals surface area contributed by atoms with Crippen molar-refractivity contribution >= 4 is 22.2 Å². The van der Waals surface area contributed by atoms with Gasteiger partial charge in [0.1, 0.15) is 5.75 Å². The Hall–Kier alpha value is -1.04. The van der Waals surface area contributed by atoms with Gasteiger partial charge in [0.05, 0.1) is 23.0 Å². The zero-order chi connectivity index (χ0) is 10.7. The van der Waals surface area contributed by atoms with Crippen LogP contribution in [0, 0.1) is 0 Å². The van der Waals surface area contributed by atoms with E-state index in [9.17, 15) is 13.6 Å². The van der Waals surface area contributed by atoms with Crippen LogP contribution in [0.1, 0.15) is 28.0 Å². The molecule has 1 heterocycles. The fourth-order valence-electron chi connectivity index (χ4n) is 1.05. The van der Waals surface area contributed by atoms with Crippen LogP contribution < -0.4 is 0 Å². The van der Waals surface area contributed by atoms with E-state index >= 15 is 0 Å². The van der Waals surface area contributed by atoms with Gasteiger partial charge in [-0.2, -0.15) is 0 Å². The number of aromatic hydroxyl groups is 1. The third kappa shape index (κ3) is 1.89. The summed E-state index contributed by atoms with van der Waals surface area (Å²) < 4.78 is 25.0. The zero-order valence-corrected chi connectivity index (χ0v) is 8.46. The minimum absolute atomic E-state index is 0.0555. The van der Waals surface area contributed by atoms with Crippen LogP contribution >= 0.6 is 15.9 Å². The number of carbonyl (C=O) groups excluding carboxylic acids is 1. The van der Waals surface area contributed by atoms with Crippen LogP contribution in [0.5, 0.6) is 5.75 Å². The SMILES string of the molecule is O=Cc1c(O)cnc(CBr)c1C(F)F. The van der Waals surface area contributed by atoms with Crippen molar-refractivity contribution < 1.29 is 18.7 Å². The molecule has 3 nitrogen and oxygen atoms in total. The number of aldehydes is 1. The molecule has 0 aliphatic heterocycles. The first-order valence-corrected chi connectivity index (χ1v) is 4.74. The number of nitrogens with zero attached hydrogens (tertiary/aromatic N) is 1. The second-order valence-corrected chi connectivity index (χ2v) is 3.03. The highest BCUT2D eigenvalue weighted by Crippen LogP contribution is 2.30. The smallest absolute Gasteiger partial charge is 0.266 e. The van der Waals surface area contributed by atoms with E-state index in [4.69, 9.17) is 5.11 Å². The molecule has 0 aliphatic rings. The van der Waals surface area contributed by atoms with Crippen molar-refractivity contribution in [2.24, 2.45) is 0 Å². The molecule has 0 bridgehead atoms. The van der Waals surface area contributed by atoms with Crippen LogP contribution in [0.25, 0.3) is 0 Å². The van der Waals surface area contributed by atoms with Gasteiger partial charge in [-0.25, -0.2) is 8.78 Å². The molecule has 0 amide bonds. The Morgan fingerprint density at radius 3 is 2.71 bits per heavy atom. The fraction of sp³-hybridized carbons (Fsp3) is 0.250. The van der Waals surface area contributed by atoms with Crippen molar-refractivity contribution in [3.63, 3.8) is 0 Å². The van der Waals surface area contributed by atoms with Gasteiger partial charge in [-0.05, 0) is 0 Å². The summed E-state index contributed by atoms with van der Waals surface area (Å²) >= 11 is 2.97. The lowest BCUT2D eigenvalue weighted by Crippen LogP contribution is -2.01. The molecule has 0 saturated heterocycles. The first-order valence-electron chi connectivity index (χ1n) is 3.61. The van der Waals surface area contributed by atoms with Crippen molar-refractivity contribution in [1.29, 1.82) is 0 Å². The molecule has 6 heteroatoms. The summed E-state index contributed by atoms with van der Waals surface area (Å²) in [6.07, 6.45) is -1.65. The van der Waals surface area contributed by atoms with Crippen LogP contribution in [0.15, 0.2) is 6.20 Å². The number of aromatic nitrogens is 1. The van der Waals surface area contributed by atoms with Crippen LogP contribution in [-0.4, -0.2) is 16.4 Å². The molecule has 0 atom stereocenters. The monoisotopic (exact) mass is 265 g/mol. The van der Waals surface area contributed by atoms with E-state index in [1.54, 1.807) is 0 Å². The number of alkyl halides is 3. The normalized spacial score (nSPS) is 10.6. The average molecular weight is 266 g/mol. The lowest BCUT2D eigenvalue weighted by atomic mass is 10.1. The Labute approximate surface area is 86.9 Å². The molecule has 76 valence electrons. The van der Waals surface area contributed by atoms with Crippen molar-refractivity contribution in [1.82, 2.24) is 4.98 Å². The highest BCUT2D eigenvalue weighted by atomic mass is 79.9. The van der Waals surface area contributed by atoms with Gasteiger partial charge in [0.2, 0.25) is 0 Å². The van der Waals surface area contributed by atoms with Crippen LogP contribution in [0.2, 0.25) is 0 Å². The van der Waals surface area contributed by atoms with Crippen molar-refractivity contribution in [3.8, 4) is 5.75 Å². The molecular formula is C8H6BrF2NO2. The maximum absolute atomic E-state index is 12.5. The molecule has 0 fully saturated rings. The summed E-state index contributed by atoms with van der Waals surface area (Å²) in [6, 6.07) is 0. The summed E-state index contributed by atoms with van der Waals surface area (Å²) in [5.41, 5.74) is -0.860. The van der Waals surface area contributed by atoms with E-state index in [-0.39, 0.29) is 17.3 Å². The number of pyridine rings is 1. The third-order valence-corrected chi connectivity index (χ3v) is 2.21. The van der Waals surface area contributed by atoms with Crippen molar-refractivity contribution in [2.45, 2.75) is 11.8 Å². The van der Waals surface area contributed by atoms with E-state index in [2.05, 4.69) is 20.9 Å². The number of hydrogen-bond acceptors (Lipinski definition) is 3. The van der Waals surface area contributed by atoms with Crippen LogP contribution in [-0.2, 0) is 5.33 Å². The molecule has 1 aromatic rings. The number of hydrogen-bond donors (Lipinski definition) is 1. The first kappa shape index (κ1) is 11.0.